The smallest absolute Gasteiger partial charge is 0.230 e. The molecule has 0 radical (unpaired) electrons. The van der Waals surface area contributed by atoms with Crippen molar-refractivity contribution in [3.05, 3.63) is 35.2 Å². The molecule has 1 heterocycles. The number of nitrogens with two attached hydrogens (primary N) is 1. The number of para-hydroxylation sites is 1. The number of benzene rings is 1. The first kappa shape index (κ1) is 18.1. The average molecular weight is 349 g/mol. The largest absolute Gasteiger partial charge is 0.485 e. The van der Waals surface area contributed by atoms with E-state index in [0.717, 1.165) is 23.3 Å². The molecule has 2 aromatic rings. The van der Waals surface area contributed by atoms with E-state index in [4.69, 9.17) is 10.6 Å². The molecule has 0 aliphatic carbocycles. The summed E-state index contributed by atoms with van der Waals surface area (Å²) < 4.78 is 7.20. The van der Waals surface area contributed by atoms with Crippen molar-refractivity contribution < 1.29 is 9.53 Å². The Hall–Kier alpha value is -2.22. The highest BCUT2D eigenvalue weighted by molar-refractivity contribution is 7.99. The zero-order valence-corrected chi connectivity index (χ0v) is 15.0. The summed E-state index contributed by atoms with van der Waals surface area (Å²) in [4.78, 5) is 11.6. The quantitative estimate of drug-likeness (QED) is 0.557. The number of aromatic nitrogens is 3. The van der Waals surface area contributed by atoms with Gasteiger partial charge in [-0.2, -0.15) is 0 Å². The van der Waals surface area contributed by atoms with Crippen LogP contribution in [0.3, 0.4) is 0 Å². The number of nitrogens with one attached hydrogen (secondary N) is 1. The van der Waals surface area contributed by atoms with E-state index in [2.05, 4.69) is 15.5 Å². The third kappa shape index (κ3) is 4.64. The van der Waals surface area contributed by atoms with Gasteiger partial charge in [-0.15, -0.1) is 10.2 Å². The van der Waals surface area contributed by atoms with Crippen LogP contribution >= 0.6 is 11.8 Å². The molecule has 7 nitrogen and oxygen atoms in total. The predicted molar refractivity (Wildman–Crippen MR) is 94.4 cm³/mol. The highest BCUT2D eigenvalue weighted by atomic mass is 32.2. The molecule has 0 fully saturated rings. The summed E-state index contributed by atoms with van der Waals surface area (Å²) in [5.41, 5.74) is 2.11. The predicted octanol–water partition coefficient (Wildman–Crippen LogP) is 1.81. The molecule has 0 aliphatic heterocycles. The van der Waals surface area contributed by atoms with Crippen LogP contribution in [0.15, 0.2) is 23.4 Å². The number of hydrogen-bond donors (Lipinski definition) is 2. The summed E-state index contributed by atoms with van der Waals surface area (Å²) in [7, 11) is 0. The van der Waals surface area contributed by atoms with Gasteiger partial charge < -0.3 is 15.9 Å². The Morgan fingerprint density at radius 3 is 2.71 bits per heavy atom. The number of aryl methyl sites for hydroxylation is 2. The molecule has 0 unspecified atom stereocenters. The Bertz CT molecular complexity index is 682. The van der Waals surface area contributed by atoms with Crippen molar-refractivity contribution >= 4 is 17.7 Å². The van der Waals surface area contributed by atoms with Crippen molar-refractivity contribution in [2.24, 2.45) is 0 Å². The number of hydrogen-bond acceptors (Lipinski definition) is 6. The third-order valence-corrected chi connectivity index (χ3v) is 4.34. The SMILES string of the molecule is CCCNC(=O)CSc1nnc(COc2c(C)cccc2C)n1N. The molecular weight excluding hydrogens is 326 g/mol. The standard InChI is InChI=1S/C16H23N5O2S/c1-4-8-18-14(22)10-24-16-20-19-13(21(16)17)9-23-15-11(2)6-5-7-12(15)3/h5-7H,4,8-10,17H2,1-3H3,(H,18,22). The van der Waals surface area contributed by atoms with Crippen molar-refractivity contribution in [2.45, 2.75) is 39.0 Å². The van der Waals surface area contributed by atoms with E-state index in [9.17, 15) is 4.79 Å². The van der Waals surface area contributed by atoms with E-state index < -0.39 is 0 Å². The lowest BCUT2D eigenvalue weighted by atomic mass is 10.1. The van der Waals surface area contributed by atoms with Gasteiger partial charge in [0.15, 0.2) is 5.82 Å². The van der Waals surface area contributed by atoms with E-state index in [1.807, 2.05) is 39.0 Å². The van der Waals surface area contributed by atoms with Gasteiger partial charge in [-0.05, 0) is 31.4 Å². The van der Waals surface area contributed by atoms with Crippen LogP contribution in [0.5, 0.6) is 5.75 Å². The normalized spacial score (nSPS) is 10.6. The summed E-state index contributed by atoms with van der Waals surface area (Å²) in [5, 5.41) is 11.3. The van der Waals surface area contributed by atoms with Crippen LogP contribution in [0.25, 0.3) is 0 Å². The van der Waals surface area contributed by atoms with Crippen LogP contribution in [0.1, 0.15) is 30.3 Å². The number of nitrogen functional groups attached to an aromatic ring is 1. The van der Waals surface area contributed by atoms with E-state index >= 15 is 0 Å². The van der Waals surface area contributed by atoms with Gasteiger partial charge in [-0.3, -0.25) is 4.79 Å². The Morgan fingerprint density at radius 1 is 1.33 bits per heavy atom. The highest BCUT2D eigenvalue weighted by Gasteiger charge is 2.13. The fraction of sp³-hybridized carbons (Fsp3) is 0.438. The summed E-state index contributed by atoms with van der Waals surface area (Å²) in [6.07, 6.45) is 0.906. The zero-order valence-electron chi connectivity index (χ0n) is 14.2. The molecular formula is C16H23N5O2S. The Morgan fingerprint density at radius 2 is 2.04 bits per heavy atom. The number of nitrogens with zero attached hydrogens (tertiary/aromatic N) is 3. The fourth-order valence-corrected chi connectivity index (χ4v) is 2.82. The Balaban J connectivity index is 1.94. The molecule has 0 bridgehead atoms. The van der Waals surface area contributed by atoms with Crippen molar-refractivity contribution in [3.8, 4) is 5.75 Å². The average Bonchev–Trinajstić information content (AvgIpc) is 2.91. The maximum absolute atomic E-state index is 11.6. The van der Waals surface area contributed by atoms with Crippen molar-refractivity contribution in [1.29, 1.82) is 0 Å². The third-order valence-electron chi connectivity index (χ3n) is 3.39. The molecule has 1 amide bonds. The van der Waals surface area contributed by atoms with Gasteiger partial charge in [0, 0.05) is 6.54 Å². The topological polar surface area (TPSA) is 95.1 Å². The minimum Gasteiger partial charge on any atom is -0.485 e. The second-order valence-corrected chi connectivity index (χ2v) is 6.36. The number of amides is 1. The van der Waals surface area contributed by atoms with Crippen molar-refractivity contribution in [3.63, 3.8) is 0 Å². The van der Waals surface area contributed by atoms with Gasteiger partial charge >= 0.3 is 0 Å². The second kappa shape index (κ2) is 8.58. The van der Waals surface area contributed by atoms with Gasteiger partial charge in [-0.1, -0.05) is 36.9 Å². The molecule has 0 saturated carbocycles. The molecule has 3 N–H and O–H groups in total. The van der Waals surface area contributed by atoms with Crippen molar-refractivity contribution in [1.82, 2.24) is 20.2 Å². The lowest BCUT2D eigenvalue weighted by Crippen LogP contribution is -2.26. The minimum absolute atomic E-state index is 0.0433. The molecule has 0 saturated heterocycles. The summed E-state index contributed by atoms with van der Waals surface area (Å²) in [6, 6.07) is 5.97. The maximum atomic E-state index is 11.6. The molecule has 0 spiro atoms. The molecule has 24 heavy (non-hydrogen) atoms. The summed E-state index contributed by atoms with van der Waals surface area (Å²) >= 11 is 1.25. The summed E-state index contributed by atoms with van der Waals surface area (Å²) in [5.74, 6) is 7.54. The van der Waals surface area contributed by atoms with E-state index in [-0.39, 0.29) is 18.3 Å². The van der Waals surface area contributed by atoms with Crippen LogP contribution in [-0.4, -0.2) is 33.1 Å². The number of thioether (sulfide) groups is 1. The molecule has 2 rings (SSSR count). The van der Waals surface area contributed by atoms with Gasteiger partial charge in [0.1, 0.15) is 12.4 Å². The maximum Gasteiger partial charge on any atom is 0.230 e. The van der Waals surface area contributed by atoms with Gasteiger partial charge in [-0.25, -0.2) is 4.68 Å². The minimum atomic E-state index is -0.0433. The monoisotopic (exact) mass is 349 g/mol. The molecule has 1 aromatic carbocycles. The lowest BCUT2D eigenvalue weighted by Gasteiger charge is -2.11. The molecule has 130 valence electrons. The summed E-state index contributed by atoms with van der Waals surface area (Å²) in [6.45, 7) is 6.88. The first-order chi connectivity index (χ1) is 11.5. The second-order valence-electron chi connectivity index (χ2n) is 5.42. The van der Waals surface area contributed by atoms with Gasteiger partial charge in [0.25, 0.3) is 0 Å². The first-order valence-electron chi connectivity index (χ1n) is 7.80. The Labute approximate surface area is 145 Å². The molecule has 0 atom stereocenters. The number of ether oxygens (including phenoxy) is 1. The van der Waals surface area contributed by atoms with Crippen LogP contribution in [0.4, 0.5) is 0 Å². The zero-order chi connectivity index (χ0) is 17.5. The molecule has 0 aliphatic rings. The van der Waals surface area contributed by atoms with Gasteiger partial charge in [0.2, 0.25) is 11.1 Å². The fourth-order valence-electron chi connectivity index (χ4n) is 2.11. The van der Waals surface area contributed by atoms with Crippen LogP contribution in [0, 0.1) is 13.8 Å². The Kier molecular flexibility index (Phi) is 6.48. The number of carbonyl (C=O) groups excluding carboxylic acids is 1. The molecule has 8 heteroatoms. The van der Waals surface area contributed by atoms with Crippen molar-refractivity contribution in [2.75, 3.05) is 18.1 Å². The lowest BCUT2D eigenvalue weighted by molar-refractivity contribution is -0.118. The number of rotatable bonds is 8. The number of carbonyl (C=O) groups is 1. The van der Waals surface area contributed by atoms with E-state index in [0.29, 0.717) is 17.5 Å². The van der Waals surface area contributed by atoms with E-state index in [1.54, 1.807) is 0 Å². The van der Waals surface area contributed by atoms with Gasteiger partial charge in [0.05, 0.1) is 5.75 Å². The van der Waals surface area contributed by atoms with Crippen LogP contribution in [0.2, 0.25) is 0 Å². The van der Waals surface area contributed by atoms with Crippen LogP contribution < -0.4 is 15.9 Å². The van der Waals surface area contributed by atoms with Crippen LogP contribution in [-0.2, 0) is 11.4 Å². The first-order valence-corrected chi connectivity index (χ1v) is 8.79. The van der Waals surface area contributed by atoms with E-state index in [1.165, 1.54) is 16.4 Å². The highest BCUT2D eigenvalue weighted by Crippen LogP contribution is 2.23. The molecule has 1 aromatic heterocycles.